The smallest absolute Gasteiger partial charge is 0.196 e. The molecule has 0 radical (unpaired) electrons. The lowest BCUT2D eigenvalue weighted by atomic mass is 10.1. The van der Waals surface area contributed by atoms with E-state index in [0.717, 1.165) is 15.9 Å². The summed E-state index contributed by atoms with van der Waals surface area (Å²) < 4.78 is 1.05. The van der Waals surface area contributed by atoms with Crippen LogP contribution in [0.2, 0.25) is 0 Å². The van der Waals surface area contributed by atoms with E-state index in [1.54, 1.807) is 6.07 Å². The van der Waals surface area contributed by atoms with Crippen LogP contribution in [0, 0.1) is 0 Å². The fourth-order valence-corrected chi connectivity index (χ4v) is 3.65. The molecule has 112 valence electrons. The van der Waals surface area contributed by atoms with Gasteiger partial charge in [0.1, 0.15) is 11.6 Å². The Labute approximate surface area is 137 Å². The maximum atomic E-state index is 5.68. The number of halogens is 1. The number of nitrogen functional groups attached to an aromatic ring is 2. The number of aromatic nitrogens is 2. The number of nitrogens with one attached hydrogen (secondary N) is 1. The topological polar surface area (TPSA) is 89.8 Å². The Kier molecular flexibility index (Phi) is 5.44. The lowest BCUT2D eigenvalue weighted by molar-refractivity contribution is 0.595. The molecule has 7 heteroatoms. The number of rotatable bonds is 5. The minimum atomic E-state index is 0.294. The highest BCUT2D eigenvalue weighted by atomic mass is 79.9. The van der Waals surface area contributed by atoms with Crippen LogP contribution in [0.1, 0.15) is 25.5 Å². The van der Waals surface area contributed by atoms with Crippen molar-refractivity contribution in [3.63, 3.8) is 0 Å². The van der Waals surface area contributed by atoms with Gasteiger partial charge >= 0.3 is 0 Å². The van der Waals surface area contributed by atoms with Gasteiger partial charge in [-0.1, -0.05) is 28.9 Å². The Balaban J connectivity index is 2.20. The van der Waals surface area contributed by atoms with Gasteiger partial charge in [-0.3, -0.25) is 0 Å². The summed E-state index contributed by atoms with van der Waals surface area (Å²) in [5.41, 5.74) is 12.6. The van der Waals surface area contributed by atoms with Crippen molar-refractivity contribution in [1.29, 1.82) is 0 Å². The molecule has 0 saturated carbocycles. The summed E-state index contributed by atoms with van der Waals surface area (Å²) in [4.78, 5) is 9.36. The first kappa shape index (κ1) is 16.1. The lowest BCUT2D eigenvalue weighted by Gasteiger charge is -2.15. The van der Waals surface area contributed by atoms with E-state index in [9.17, 15) is 0 Å². The predicted octanol–water partition coefficient (Wildman–Crippen LogP) is 3.23. The van der Waals surface area contributed by atoms with Crippen LogP contribution in [0.3, 0.4) is 0 Å². The second-order valence-corrected chi connectivity index (χ2v) is 6.46. The van der Waals surface area contributed by atoms with Crippen LogP contribution in [0.4, 0.5) is 11.6 Å². The summed E-state index contributed by atoms with van der Waals surface area (Å²) in [6, 6.07) is 8.02. The first-order valence-electron chi connectivity index (χ1n) is 6.60. The van der Waals surface area contributed by atoms with Gasteiger partial charge in [0.05, 0.1) is 0 Å². The molecule has 2 aromatic rings. The number of benzene rings is 1. The van der Waals surface area contributed by atoms with Gasteiger partial charge in [-0.2, -0.15) is 0 Å². The first-order chi connectivity index (χ1) is 9.99. The third-order valence-corrected chi connectivity index (χ3v) is 4.44. The summed E-state index contributed by atoms with van der Waals surface area (Å²) in [5, 5.41) is 3.94. The molecule has 1 heterocycles. The maximum Gasteiger partial charge on any atom is 0.196 e. The molecule has 0 fully saturated rings. The Hall–Kier alpha value is -1.31. The quantitative estimate of drug-likeness (QED) is 0.702. The van der Waals surface area contributed by atoms with Crippen molar-refractivity contribution in [1.82, 2.24) is 15.3 Å². The number of nitrogens with two attached hydrogens (primary N) is 2. The molecule has 0 bridgehead atoms. The van der Waals surface area contributed by atoms with Gasteiger partial charge in [0, 0.05) is 21.5 Å². The number of hydrogen-bond donors (Lipinski definition) is 3. The molecule has 5 N–H and O–H groups in total. The van der Waals surface area contributed by atoms with Gasteiger partial charge in [-0.15, -0.1) is 0 Å². The fraction of sp³-hybridized carbons (Fsp3) is 0.286. The SMILES string of the molecule is CCNC(C)c1ccc(Sc2nc(N)cc(N)n2)cc1Br. The summed E-state index contributed by atoms with van der Waals surface area (Å²) in [5.74, 6) is 0.753. The average Bonchev–Trinajstić information content (AvgIpc) is 2.37. The zero-order valence-corrected chi connectivity index (χ0v) is 14.3. The normalized spacial score (nSPS) is 12.3. The molecule has 0 spiro atoms. The van der Waals surface area contributed by atoms with Crippen LogP contribution in [0.15, 0.2) is 38.8 Å². The second-order valence-electron chi connectivity index (χ2n) is 4.56. The van der Waals surface area contributed by atoms with Gasteiger partial charge < -0.3 is 16.8 Å². The van der Waals surface area contributed by atoms with Crippen molar-refractivity contribution in [2.75, 3.05) is 18.0 Å². The Bertz CT molecular complexity index is 615. The van der Waals surface area contributed by atoms with E-state index in [2.05, 4.69) is 57.2 Å². The van der Waals surface area contributed by atoms with Crippen LogP contribution < -0.4 is 16.8 Å². The molecular formula is C14H18BrN5S. The summed E-state index contributed by atoms with van der Waals surface area (Å²) in [7, 11) is 0. The van der Waals surface area contributed by atoms with Crippen LogP contribution >= 0.6 is 27.7 Å². The third-order valence-electron chi connectivity index (χ3n) is 2.90. The third kappa shape index (κ3) is 4.33. The van der Waals surface area contributed by atoms with Crippen molar-refractivity contribution in [3.8, 4) is 0 Å². The van der Waals surface area contributed by atoms with Gasteiger partial charge in [0.15, 0.2) is 5.16 Å². The molecule has 0 aliphatic heterocycles. The molecule has 1 aromatic carbocycles. The maximum absolute atomic E-state index is 5.68. The molecule has 1 unspecified atom stereocenters. The molecule has 0 aliphatic carbocycles. The van der Waals surface area contributed by atoms with Crippen LogP contribution in [0.5, 0.6) is 0 Å². The zero-order valence-electron chi connectivity index (χ0n) is 11.9. The summed E-state index contributed by atoms with van der Waals surface area (Å²) >= 11 is 5.05. The second kappa shape index (κ2) is 7.11. The van der Waals surface area contributed by atoms with Crippen LogP contribution in [-0.2, 0) is 0 Å². The van der Waals surface area contributed by atoms with Gasteiger partial charge in [0.25, 0.3) is 0 Å². The Morgan fingerprint density at radius 3 is 2.48 bits per heavy atom. The Morgan fingerprint density at radius 2 is 1.90 bits per heavy atom. The molecule has 1 aromatic heterocycles. The van der Waals surface area contributed by atoms with Gasteiger partial charge in [-0.25, -0.2) is 9.97 Å². The molecule has 21 heavy (non-hydrogen) atoms. The molecule has 0 aliphatic rings. The molecule has 0 amide bonds. The largest absolute Gasteiger partial charge is 0.383 e. The number of nitrogens with zero attached hydrogens (tertiary/aromatic N) is 2. The average molecular weight is 368 g/mol. The molecule has 1 atom stereocenters. The van der Waals surface area contributed by atoms with E-state index >= 15 is 0 Å². The van der Waals surface area contributed by atoms with E-state index in [1.807, 2.05) is 6.07 Å². The van der Waals surface area contributed by atoms with Gasteiger partial charge in [0.2, 0.25) is 0 Å². The lowest BCUT2D eigenvalue weighted by Crippen LogP contribution is -2.18. The zero-order chi connectivity index (χ0) is 15.4. The van der Waals surface area contributed by atoms with E-state index in [4.69, 9.17) is 11.5 Å². The van der Waals surface area contributed by atoms with Gasteiger partial charge in [-0.05, 0) is 42.9 Å². The van der Waals surface area contributed by atoms with Crippen LogP contribution in [0.25, 0.3) is 0 Å². The Morgan fingerprint density at radius 1 is 1.24 bits per heavy atom. The molecule has 0 saturated heterocycles. The van der Waals surface area contributed by atoms with E-state index in [1.165, 1.54) is 17.3 Å². The van der Waals surface area contributed by atoms with Crippen molar-refractivity contribution in [2.45, 2.75) is 29.9 Å². The standard InChI is InChI=1S/C14H18BrN5S/c1-3-18-8(2)10-5-4-9(6-11(10)15)21-14-19-12(16)7-13(17)20-14/h4-8,18H,3H2,1-2H3,(H4,16,17,19,20). The molecular weight excluding hydrogens is 350 g/mol. The van der Waals surface area contributed by atoms with Crippen LogP contribution in [-0.4, -0.2) is 16.5 Å². The minimum Gasteiger partial charge on any atom is -0.383 e. The predicted molar refractivity (Wildman–Crippen MR) is 91.2 cm³/mol. The van der Waals surface area contributed by atoms with E-state index in [0.29, 0.717) is 22.8 Å². The highest BCUT2D eigenvalue weighted by molar-refractivity contribution is 9.10. The van der Waals surface area contributed by atoms with E-state index < -0.39 is 0 Å². The number of hydrogen-bond acceptors (Lipinski definition) is 6. The van der Waals surface area contributed by atoms with Crippen molar-refractivity contribution in [3.05, 3.63) is 34.3 Å². The molecule has 5 nitrogen and oxygen atoms in total. The molecule has 2 rings (SSSR count). The monoisotopic (exact) mass is 367 g/mol. The highest BCUT2D eigenvalue weighted by Gasteiger charge is 2.10. The minimum absolute atomic E-state index is 0.294. The summed E-state index contributed by atoms with van der Waals surface area (Å²) in [6.45, 7) is 5.16. The number of anilines is 2. The van der Waals surface area contributed by atoms with Crippen molar-refractivity contribution >= 4 is 39.3 Å². The fourth-order valence-electron chi connectivity index (χ4n) is 1.95. The van der Waals surface area contributed by atoms with Crippen molar-refractivity contribution in [2.24, 2.45) is 0 Å². The first-order valence-corrected chi connectivity index (χ1v) is 8.21. The van der Waals surface area contributed by atoms with Crippen molar-refractivity contribution < 1.29 is 0 Å². The van der Waals surface area contributed by atoms with E-state index in [-0.39, 0.29) is 0 Å². The highest BCUT2D eigenvalue weighted by Crippen LogP contribution is 2.32. The summed E-state index contributed by atoms with van der Waals surface area (Å²) in [6.07, 6.45) is 0.